The van der Waals surface area contributed by atoms with Crippen LogP contribution < -0.4 is 5.32 Å². The summed E-state index contributed by atoms with van der Waals surface area (Å²) in [6, 6.07) is 14.2. The van der Waals surface area contributed by atoms with Gasteiger partial charge < -0.3 is 10.4 Å². The summed E-state index contributed by atoms with van der Waals surface area (Å²) in [6.45, 7) is 3.77. The van der Waals surface area contributed by atoms with E-state index in [-0.39, 0.29) is 0 Å². The molecule has 1 fully saturated rings. The number of nitrogens with zero attached hydrogens (tertiary/aromatic N) is 3. The summed E-state index contributed by atoms with van der Waals surface area (Å²) in [5.74, 6) is 1.17. The normalized spacial score (nSPS) is 15.0. The smallest absolute Gasteiger partial charge is 0.137 e. The van der Waals surface area contributed by atoms with E-state index >= 15 is 0 Å². The van der Waals surface area contributed by atoms with Crippen LogP contribution in [-0.4, -0.2) is 39.6 Å². The zero-order valence-corrected chi connectivity index (χ0v) is 16.3. The molecule has 1 aliphatic rings. The zero-order valence-electron chi connectivity index (χ0n) is 16.3. The average molecular weight is 377 g/mol. The number of phenols is 1. The number of aromatic hydroxyl groups is 1. The number of phenolic OH excluding ortho intramolecular Hbond substituents is 1. The number of rotatable bonds is 7. The first-order valence-electron chi connectivity index (χ1n) is 10.3. The van der Waals surface area contributed by atoms with Crippen LogP contribution in [0.4, 0.5) is 5.82 Å². The minimum Gasteiger partial charge on any atom is -0.508 e. The molecule has 0 radical (unpaired) electrons. The predicted octanol–water partition coefficient (Wildman–Crippen LogP) is 4.37. The first kappa shape index (κ1) is 18.7. The molecule has 2 N–H and O–H groups in total. The van der Waals surface area contributed by atoms with Crippen LogP contribution in [0.5, 0.6) is 5.75 Å². The molecule has 3 aromatic rings. The second-order valence-corrected chi connectivity index (χ2v) is 7.53. The fourth-order valence-electron chi connectivity index (χ4n) is 3.96. The molecule has 5 nitrogen and oxygen atoms in total. The Morgan fingerprint density at radius 2 is 1.79 bits per heavy atom. The third-order valence-corrected chi connectivity index (χ3v) is 5.49. The Bertz CT molecular complexity index is 907. The Morgan fingerprint density at radius 3 is 2.61 bits per heavy atom. The lowest BCUT2D eigenvalue weighted by atomic mass is 10.1. The minimum atomic E-state index is 0.326. The third-order valence-electron chi connectivity index (χ3n) is 5.49. The number of aryl methyl sites for hydroxylation is 1. The lowest BCUT2D eigenvalue weighted by Crippen LogP contribution is -2.29. The van der Waals surface area contributed by atoms with E-state index in [0.29, 0.717) is 5.75 Å². The standard InChI is InChI=1S/C23H28N4O/c28-21-12-11-19-22(20(21)16-27-14-5-2-6-15-27)25-17-26-23(19)24-13-7-10-18-8-3-1-4-9-18/h1,3-4,8-9,11-12,17,28H,2,5-7,10,13-16H2,(H,24,25,26). The average Bonchev–Trinajstić information content (AvgIpc) is 2.75. The molecule has 1 saturated heterocycles. The second kappa shape index (κ2) is 9.02. The SMILES string of the molecule is Oc1ccc2c(NCCCc3ccccc3)ncnc2c1CN1CCCCC1. The van der Waals surface area contributed by atoms with Crippen molar-refractivity contribution in [1.29, 1.82) is 0 Å². The van der Waals surface area contributed by atoms with Gasteiger partial charge in [0.25, 0.3) is 0 Å². The summed E-state index contributed by atoms with van der Waals surface area (Å²) < 4.78 is 0. The Kier molecular flexibility index (Phi) is 6.02. The summed E-state index contributed by atoms with van der Waals surface area (Å²) in [6.07, 6.45) is 7.44. The molecule has 0 spiro atoms. The second-order valence-electron chi connectivity index (χ2n) is 7.53. The van der Waals surface area contributed by atoms with Crippen LogP contribution in [0, 0.1) is 0 Å². The van der Waals surface area contributed by atoms with Gasteiger partial charge in [0.2, 0.25) is 0 Å². The van der Waals surface area contributed by atoms with E-state index in [4.69, 9.17) is 0 Å². The molecule has 2 heterocycles. The third kappa shape index (κ3) is 4.42. The van der Waals surface area contributed by atoms with Crippen LogP contribution in [0.15, 0.2) is 48.8 Å². The van der Waals surface area contributed by atoms with E-state index in [1.165, 1.54) is 24.8 Å². The first-order valence-corrected chi connectivity index (χ1v) is 10.3. The highest BCUT2D eigenvalue weighted by atomic mass is 16.3. The Morgan fingerprint density at radius 1 is 0.964 bits per heavy atom. The summed E-state index contributed by atoms with van der Waals surface area (Å²) >= 11 is 0. The molecule has 146 valence electrons. The van der Waals surface area contributed by atoms with Gasteiger partial charge in [0.05, 0.1) is 5.52 Å². The Balaban J connectivity index is 1.47. The highest BCUT2D eigenvalue weighted by Gasteiger charge is 2.17. The molecule has 28 heavy (non-hydrogen) atoms. The highest BCUT2D eigenvalue weighted by molar-refractivity contribution is 5.92. The van der Waals surface area contributed by atoms with Crippen LogP contribution >= 0.6 is 0 Å². The molecular formula is C23H28N4O. The van der Waals surface area contributed by atoms with E-state index in [1.54, 1.807) is 12.4 Å². The molecule has 1 aliphatic heterocycles. The number of anilines is 1. The molecule has 2 aromatic carbocycles. The number of nitrogens with one attached hydrogen (secondary N) is 1. The summed E-state index contributed by atoms with van der Waals surface area (Å²) in [5.41, 5.74) is 3.12. The van der Waals surface area contributed by atoms with Crippen LogP contribution in [0.2, 0.25) is 0 Å². The number of hydrogen-bond donors (Lipinski definition) is 2. The van der Waals surface area contributed by atoms with Crippen molar-refractivity contribution in [2.45, 2.75) is 38.6 Å². The molecule has 0 amide bonds. The summed E-state index contributed by atoms with van der Waals surface area (Å²) in [4.78, 5) is 11.4. The van der Waals surface area contributed by atoms with Gasteiger partial charge >= 0.3 is 0 Å². The van der Waals surface area contributed by atoms with Gasteiger partial charge in [-0.3, -0.25) is 4.90 Å². The number of hydrogen-bond acceptors (Lipinski definition) is 5. The Hall–Kier alpha value is -2.66. The van der Waals surface area contributed by atoms with Gasteiger partial charge in [-0.15, -0.1) is 0 Å². The van der Waals surface area contributed by atoms with E-state index in [2.05, 4.69) is 44.5 Å². The van der Waals surface area contributed by atoms with Crippen LogP contribution in [0.25, 0.3) is 10.9 Å². The lowest BCUT2D eigenvalue weighted by molar-refractivity contribution is 0.219. The van der Waals surface area contributed by atoms with Crippen molar-refractivity contribution >= 4 is 16.7 Å². The number of aromatic nitrogens is 2. The molecule has 0 aliphatic carbocycles. The van der Waals surface area contributed by atoms with Gasteiger partial charge in [-0.05, 0) is 56.5 Å². The van der Waals surface area contributed by atoms with Gasteiger partial charge in [-0.1, -0.05) is 36.8 Å². The van der Waals surface area contributed by atoms with Crippen molar-refractivity contribution in [2.24, 2.45) is 0 Å². The number of fused-ring (bicyclic) bond motifs is 1. The van der Waals surface area contributed by atoms with Gasteiger partial charge in [0.1, 0.15) is 17.9 Å². The maximum absolute atomic E-state index is 10.5. The summed E-state index contributed by atoms with van der Waals surface area (Å²) in [7, 11) is 0. The fraction of sp³-hybridized carbons (Fsp3) is 0.391. The molecule has 5 heteroatoms. The van der Waals surface area contributed by atoms with Gasteiger partial charge in [-0.25, -0.2) is 9.97 Å². The quantitative estimate of drug-likeness (QED) is 0.600. The molecule has 4 rings (SSSR count). The molecule has 0 atom stereocenters. The number of benzene rings is 2. The molecule has 0 unspecified atom stereocenters. The molecule has 1 aromatic heterocycles. The van der Waals surface area contributed by atoms with E-state index in [0.717, 1.165) is 61.3 Å². The van der Waals surface area contributed by atoms with Crippen molar-refractivity contribution in [3.8, 4) is 5.75 Å². The van der Waals surface area contributed by atoms with Gasteiger partial charge in [0, 0.05) is 24.0 Å². The predicted molar refractivity (Wildman–Crippen MR) is 114 cm³/mol. The van der Waals surface area contributed by atoms with Crippen LogP contribution in [0.1, 0.15) is 36.8 Å². The van der Waals surface area contributed by atoms with Crippen molar-refractivity contribution in [3.05, 3.63) is 59.9 Å². The molecule has 0 bridgehead atoms. The Labute approximate surface area is 166 Å². The molecular weight excluding hydrogens is 348 g/mol. The maximum Gasteiger partial charge on any atom is 0.137 e. The minimum absolute atomic E-state index is 0.326. The largest absolute Gasteiger partial charge is 0.508 e. The summed E-state index contributed by atoms with van der Waals surface area (Å²) in [5, 5.41) is 14.9. The highest BCUT2D eigenvalue weighted by Crippen LogP contribution is 2.30. The van der Waals surface area contributed by atoms with Crippen LogP contribution in [-0.2, 0) is 13.0 Å². The fourth-order valence-corrected chi connectivity index (χ4v) is 3.96. The monoisotopic (exact) mass is 376 g/mol. The van der Waals surface area contributed by atoms with Crippen LogP contribution in [0.3, 0.4) is 0 Å². The van der Waals surface area contributed by atoms with Crippen molar-refractivity contribution in [3.63, 3.8) is 0 Å². The molecule has 0 saturated carbocycles. The maximum atomic E-state index is 10.5. The topological polar surface area (TPSA) is 61.3 Å². The number of piperidine rings is 1. The van der Waals surface area contributed by atoms with Crippen molar-refractivity contribution in [2.75, 3.05) is 25.0 Å². The zero-order chi connectivity index (χ0) is 19.2. The van der Waals surface area contributed by atoms with E-state index in [9.17, 15) is 5.11 Å². The van der Waals surface area contributed by atoms with Gasteiger partial charge in [0.15, 0.2) is 0 Å². The van der Waals surface area contributed by atoms with E-state index in [1.807, 2.05) is 12.1 Å². The van der Waals surface area contributed by atoms with Crippen molar-refractivity contribution < 1.29 is 5.11 Å². The lowest BCUT2D eigenvalue weighted by Gasteiger charge is -2.27. The number of likely N-dealkylation sites (tertiary alicyclic amines) is 1. The van der Waals surface area contributed by atoms with E-state index < -0.39 is 0 Å². The first-order chi connectivity index (χ1) is 13.8. The van der Waals surface area contributed by atoms with Crippen molar-refractivity contribution in [1.82, 2.24) is 14.9 Å². The van der Waals surface area contributed by atoms with Gasteiger partial charge in [-0.2, -0.15) is 0 Å².